The van der Waals surface area contributed by atoms with Gasteiger partial charge in [0, 0.05) is 30.0 Å². The van der Waals surface area contributed by atoms with Crippen LogP contribution in [0.15, 0.2) is 70.8 Å². The van der Waals surface area contributed by atoms with Gasteiger partial charge in [0.05, 0.1) is 6.54 Å². The molecule has 1 fully saturated rings. The number of hydrogen-bond acceptors (Lipinski definition) is 6. The van der Waals surface area contributed by atoms with E-state index < -0.39 is 18.3 Å². The molecule has 0 saturated carbocycles. The maximum absolute atomic E-state index is 12.8. The molecule has 9 heteroatoms. The minimum Gasteiger partial charge on any atom is -0.395 e. The Morgan fingerprint density at radius 2 is 2.06 bits per heavy atom. The van der Waals surface area contributed by atoms with E-state index in [1.807, 2.05) is 37.6 Å². The van der Waals surface area contributed by atoms with Gasteiger partial charge in [-0.1, -0.05) is 36.7 Å². The summed E-state index contributed by atoms with van der Waals surface area (Å²) in [4.78, 5) is 12.8. The first-order chi connectivity index (χ1) is 16.4. The fourth-order valence-corrected chi connectivity index (χ4v) is 5.39. The Kier molecular flexibility index (Phi) is 7.26. The molecule has 0 amide bonds. The molecule has 2 unspecified atom stereocenters. The second-order valence-electron chi connectivity index (χ2n) is 8.32. The minimum absolute atomic E-state index is 0.142. The molecule has 0 spiro atoms. The highest BCUT2D eigenvalue weighted by Gasteiger charge is 2.59. The summed E-state index contributed by atoms with van der Waals surface area (Å²) in [6.45, 7) is 6.68. The molecule has 3 heterocycles. The van der Waals surface area contributed by atoms with E-state index in [1.165, 1.54) is 12.3 Å². The Hall–Kier alpha value is -2.49. The van der Waals surface area contributed by atoms with E-state index in [0.29, 0.717) is 30.0 Å². The molecule has 34 heavy (non-hydrogen) atoms. The molecule has 6 nitrogen and oxygen atoms in total. The molecule has 1 aliphatic heterocycles. The van der Waals surface area contributed by atoms with E-state index in [2.05, 4.69) is 23.3 Å². The lowest BCUT2D eigenvalue weighted by atomic mass is 9.80. The Bertz CT molecular complexity index is 1250. The molecule has 1 saturated heterocycles. The van der Waals surface area contributed by atoms with Crippen molar-refractivity contribution in [2.45, 2.75) is 31.1 Å². The van der Waals surface area contributed by atoms with E-state index in [9.17, 15) is 4.79 Å². The summed E-state index contributed by atoms with van der Waals surface area (Å²) in [6, 6.07) is 11.0. The fraction of sp³-hybridized carbons (Fsp3) is 0.280. The van der Waals surface area contributed by atoms with Crippen molar-refractivity contribution in [2.24, 2.45) is 0 Å². The van der Waals surface area contributed by atoms with E-state index in [4.69, 9.17) is 26.3 Å². The number of rotatable bonds is 9. The fourth-order valence-electron chi connectivity index (χ4n) is 4.54. The number of halogens is 1. The third-order valence-corrected chi connectivity index (χ3v) is 7.32. The van der Waals surface area contributed by atoms with Crippen LogP contribution in [0.2, 0.25) is 5.02 Å². The normalized spacial score (nSPS) is 22.1. The van der Waals surface area contributed by atoms with Crippen LogP contribution in [0.3, 0.4) is 0 Å². The number of thiophene rings is 1. The monoisotopic (exact) mass is 495 g/mol. The first-order valence-electron chi connectivity index (χ1n) is 11.1. The average molecular weight is 496 g/mol. The predicted molar refractivity (Wildman–Crippen MR) is 141 cm³/mol. The molecular weight excluding hydrogens is 469 g/mol. The molecule has 2 N–H and O–H groups in total. The number of nitrogens with one attached hydrogen (secondary N) is 2. The van der Waals surface area contributed by atoms with Crippen LogP contribution in [-0.2, 0) is 15.9 Å². The van der Waals surface area contributed by atoms with Gasteiger partial charge in [-0.15, -0.1) is 6.58 Å². The number of nitrogens with zero attached hydrogens (tertiary/aromatic N) is 1. The molecule has 4 rings (SSSR count). The molecule has 2 atom stereocenters. The first kappa shape index (κ1) is 24.6. The maximum atomic E-state index is 12.8. The van der Waals surface area contributed by atoms with Crippen molar-refractivity contribution in [1.29, 1.82) is 5.41 Å². The van der Waals surface area contributed by atoms with Crippen LogP contribution in [0.1, 0.15) is 18.9 Å². The lowest BCUT2D eigenvalue weighted by Gasteiger charge is -2.38. The lowest BCUT2D eigenvalue weighted by Crippen LogP contribution is -2.56. The number of benzene rings is 1. The Balaban J connectivity index is 1.71. The second-order valence-corrected chi connectivity index (χ2v) is 9.54. The van der Waals surface area contributed by atoms with Gasteiger partial charge in [-0.25, -0.2) is 0 Å². The highest BCUT2D eigenvalue weighted by molar-refractivity contribution is 7.08. The largest absolute Gasteiger partial charge is 0.496 e. The van der Waals surface area contributed by atoms with E-state index in [-0.39, 0.29) is 5.56 Å². The molecule has 0 bridgehead atoms. The average Bonchev–Trinajstić information content (AvgIpc) is 3.48. The molecule has 2 aromatic heterocycles. The second kappa shape index (κ2) is 10.0. The van der Waals surface area contributed by atoms with Gasteiger partial charge >= 0.3 is 7.12 Å². The molecule has 1 aliphatic rings. The Labute approximate surface area is 208 Å². The van der Waals surface area contributed by atoms with Crippen molar-refractivity contribution in [3.63, 3.8) is 0 Å². The smallest absolute Gasteiger partial charge is 0.395 e. The van der Waals surface area contributed by atoms with Gasteiger partial charge < -0.3 is 24.6 Å². The van der Waals surface area contributed by atoms with Crippen molar-refractivity contribution in [3.05, 3.63) is 87.0 Å². The number of hydrogen-bond donors (Lipinski definition) is 2. The third kappa shape index (κ3) is 4.32. The van der Waals surface area contributed by atoms with Gasteiger partial charge in [-0.05, 0) is 64.6 Å². The quantitative estimate of drug-likeness (QED) is 0.268. The van der Waals surface area contributed by atoms with E-state index in [1.54, 1.807) is 34.2 Å². The zero-order chi connectivity index (χ0) is 24.3. The van der Waals surface area contributed by atoms with Crippen LogP contribution in [0.25, 0.3) is 11.1 Å². The summed E-state index contributed by atoms with van der Waals surface area (Å²) < 4.78 is 14.3. The SMILES string of the molecule is C=CC1(CC)OB(c2ccc(=O)n(Cc3cc(Cl)ccc3-c3ccsc3)c2)OC1(C=N)CNC. The predicted octanol–water partition coefficient (Wildman–Crippen LogP) is 3.96. The van der Waals surface area contributed by atoms with Crippen molar-refractivity contribution in [1.82, 2.24) is 9.88 Å². The van der Waals surface area contributed by atoms with Crippen molar-refractivity contribution < 1.29 is 9.31 Å². The molecule has 0 radical (unpaired) electrons. The van der Waals surface area contributed by atoms with Gasteiger partial charge in [-0.2, -0.15) is 11.3 Å². The number of likely N-dealkylation sites (N-methyl/N-ethyl adjacent to an activating group) is 1. The van der Waals surface area contributed by atoms with Gasteiger partial charge in [0.1, 0.15) is 11.2 Å². The van der Waals surface area contributed by atoms with E-state index in [0.717, 1.165) is 16.7 Å². The maximum Gasteiger partial charge on any atom is 0.496 e. The van der Waals surface area contributed by atoms with Gasteiger partial charge in [-0.3, -0.25) is 4.79 Å². The molecule has 3 aromatic rings. The number of pyridine rings is 1. The summed E-state index contributed by atoms with van der Waals surface area (Å²) in [5.74, 6) is 0. The zero-order valence-electron chi connectivity index (χ0n) is 19.2. The summed E-state index contributed by atoms with van der Waals surface area (Å²) in [5.41, 5.74) is 1.73. The van der Waals surface area contributed by atoms with Crippen molar-refractivity contribution >= 4 is 41.7 Å². The highest BCUT2D eigenvalue weighted by Crippen LogP contribution is 2.40. The molecule has 176 valence electrons. The van der Waals surface area contributed by atoms with Crippen LogP contribution in [0, 0.1) is 5.41 Å². The number of aromatic nitrogens is 1. The van der Waals surface area contributed by atoms with E-state index >= 15 is 0 Å². The van der Waals surface area contributed by atoms with Crippen molar-refractivity contribution in [2.75, 3.05) is 13.6 Å². The molecule has 1 aromatic carbocycles. The summed E-state index contributed by atoms with van der Waals surface area (Å²) in [6.07, 6.45) is 5.33. The highest BCUT2D eigenvalue weighted by atomic mass is 35.5. The third-order valence-electron chi connectivity index (χ3n) is 6.40. The lowest BCUT2D eigenvalue weighted by molar-refractivity contribution is 0.0406. The summed E-state index contributed by atoms with van der Waals surface area (Å²) in [5, 5.41) is 15.9. The molecule has 0 aliphatic carbocycles. The minimum atomic E-state index is -1.01. The zero-order valence-corrected chi connectivity index (χ0v) is 20.8. The van der Waals surface area contributed by atoms with Gasteiger partial charge in [0.25, 0.3) is 5.56 Å². The first-order valence-corrected chi connectivity index (χ1v) is 12.4. The Morgan fingerprint density at radius 1 is 1.26 bits per heavy atom. The summed E-state index contributed by atoms with van der Waals surface area (Å²) in [7, 11) is 1.05. The van der Waals surface area contributed by atoms with Gasteiger partial charge in [0.2, 0.25) is 0 Å². The van der Waals surface area contributed by atoms with Crippen LogP contribution in [0.4, 0.5) is 0 Å². The van der Waals surface area contributed by atoms with Crippen LogP contribution in [0.5, 0.6) is 0 Å². The van der Waals surface area contributed by atoms with Gasteiger partial charge in [0.15, 0.2) is 0 Å². The standard InChI is InChI=1S/C25H27BClN3O3S/c1-4-24(5-2)25(16-28,17-29-3)33-26(32-24)20-6-9-23(31)30(14-20)13-19-12-21(27)7-8-22(19)18-10-11-34-15-18/h4,6-12,14-16,28-29H,1,5,13,17H2,2-3H3. The van der Waals surface area contributed by atoms with Crippen LogP contribution in [-0.4, -0.2) is 42.7 Å². The van der Waals surface area contributed by atoms with Crippen LogP contribution < -0.4 is 16.3 Å². The summed E-state index contributed by atoms with van der Waals surface area (Å²) >= 11 is 7.92. The molecular formula is C25H27BClN3O3S. The topological polar surface area (TPSA) is 76.3 Å². The van der Waals surface area contributed by atoms with Crippen LogP contribution >= 0.6 is 22.9 Å². The van der Waals surface area contributed by atoms with Crippen molar-refractivity contribution in [3.8, 4) is 11.1 Å². The Morgan fingerprint density at radius 3 is 2.71 bits per heavy atom.